The summed E-state index contributed by atoms with van der Waals surface area (Å²) in [7, 11) is 0. The maximum Gasteiger partial charge on any atom is 0.335 e. The predicted octanol–water partition coefficient (Wildman–Crippen LogP) is 2.35. The van der Waals surface area contributed by atoms with Gasteiger partial charge in [-0.1, -0.05) is 30.4 Å². The number of carboxylic acids is 1. The van der Waals surface area contributed by atoms with Gasteiger partial charge in [0.05, 0.1) is 24.7 Å². The van der Waals surface area contributed by atoms with Crippen LogP contribution < -0.4 is 0 Å². The van der Waals surface area contributed by atoms with E-state index >= 15 is 0 Å². The zero-order valence-electron chi connectivity index (χ0n) is 9.69. The highest BCUT2D eigenvalue weighted by Crippen LogP contribution is 2.00. The summed E-state index contributed by atoms with van der Waals surface area (Å²) in [6, 6.07) is 8.30. The Morgan fingerprint density at radius 1 is 1.17 bits per heavy atom. The van der Waals surface area contributed by atoms with Gasteiger partial charge in [0.15, 0.2) is 0 Å². The van der Waals surface area contributed by atoms with Crippen molar-refractivity contribution in [2.24, 2.45) is 0 Å². The Balaban J connectivity index is 0.000000180. The first-order valence-corrected chi connectivity index (χ1v) is 5.31. The number of allylic oxidation sites excluding steroid dienone is 2. The quantitative estimate of drug-likeness (QED) is 0.840. The molecule has 0 bridgehead atoms. The largest absolute Gasteiger partial charge is 0.478 e. The molecule has 0 fully saturated rings. The van der Waals surface area contributed by atoms with Crippen LogP contribution in [-0.4, -0.2) is 22.8 Å². The van der Waals surface area contributed by atoms with Crippen molar-refractivity contribution in [2.75, 3.05) is 6.61 Å². The average Bonchev–Trinajstić information content (AvgIpc) is 2.69. The second-order valence-electron chi connectivity index (χ2n) is 3.35. The first kappa shape index (κ1) is 13.7. The molecule has 0 amide bonds. The number of aliphatic hydroxyl groups is 1. The first-order valence-electron chi connectivity index (χ1n) is 5.31. The summed E-state index contributed by atoms with van der Waals surface area (Å²) in [6.07, 6.45) is 8.44. The van der Waals surface area contributed by atoms with Crippen molar-refractivity contribution in [1.82, 2.24) is 0 Å². The number of carbonyl (C=O) groups is 1. The molecule has 1 aromatic rings. The third kappa shape index (κ3) is 5.14. The number of aromatic carboxylic acids is 1. The van der Waals surface area contributed by atoms with Crippen molar-refractivity contribution in [3.63, 3.8) is 0 Å². The number of ether oxygens (including phenoxy) is 1. The van der Waals surface area contributed by atoms with Gasteiger partial charge in [-0.15, -0.1) is 0 Å². The fourth-order valence-electron chi connectivity index (χ4n) is 1.11. The molecule has 4 heteroatoms. The summed E-state index contributed by atoms with van der Waals surface area (Å²) in [5.74, 6) is -0.879. The Kier molecular flexibility index (Phi) is 6.00. The lowest BCUT2D eigenvalue weighted by atomic mass is 10.2. The third-order valence-electron chi connectivity index (χ3n) is 2.00. The molecule has 0 radical (unpaired) electrons. The molecule has 2 N–H and O–H groups in total. The molecule has 1 heterocycles. The van der Waals surface area contributed by atoms with Crippen molar-refractivity contribution in [3.8, 4) is 0 Å². The van der Waals surface area contributed by atoms with Crippen molar-refractivity contribution < 1.29 is 19.7 Å². The van der Waals surface area contributed by atoms with Crippen LogP contribution >= 0.6 is 0 Å². The van der Waals surface area contributed by atoms with Crippen LogP contribution in [0.25, 0.3) is 0 Å². The van der Waals surface area contributed by atoms with Crippen molar-refractivity contribution in [1.29, 1.82) is 0 Å². The minimum atomic E-state index is -0.879. The standard InChI is InChI=1S/C7H8O2.C7H6O2/c8-5-7-3-1-2-4-9-6-7;8-7(9)6-4-2-1-3-5-6/h1-4,6,8H,5H2;1-5H,(H,8,9). The normalized spacial score (nSPS) is 12.6. The smallest absolute Gasteiger partial charge is 0.335 e. The number of benzene rings is 1. The lowest BCUT2D eigenvalue weighted by molar-refractivity contribution is 0.0697. The van der Waals surface area contributed by atoms with E-state index in [1.807, 2.05) is 6.08 Å². The van der Waals surface area contributed by atoms with Gasteiger partial charge < -0.3 is 14.9 Å². The highest BCUT2D eigenvalue weighted by molar-refractivity contribution is 5.87. The lowest BCUT2D eigenvalue weighted by Crippen LogP contribution is -1.93. The number of hydrogen-bond acceptors (Lipinski definition) is 3. The molecule has 0 aliphatic carbocycles. The minimum Gasteiger partial charge on any atom is -0.478 e. The second kappa shape index (κ2) is 7.86. The molecule has 0 spiro atoms. The zero-order valence-corrected chi connectivity index (χ0v) is 9.69. The van der Waals surface area contributed by atoms with Crippen molar-refractivity contribution in [2.45, 2.75) is 0 Å². The lowest BCUT2D eigenvalue weighted by Gasteiger charge is -1.91. The summed E-state index contributed by atoms with van der Waals surface area (Å²) in [5.41, 5.74) is 1.11. The molecule has 0 saturated heterocycles. The topological polar surface area (TPSA) is 66.8 Å². The molecule has 18 heavy (non-hydrogen) atoms. The molecule has 1 aromatic carbocycles. The molecule has 0 unspecified atom stereocenters. The van der Waals surface area contributed by atoms with E-state index in [2.05, 4.69) is 0 Å². The number of carboxylic acid groups (broad SMARTS) is 1. The van der Waals surface area contributed by atoms with E-state index in [-0.39, 0.29) is 6.61 Å². The van der Waals surface area contributed by atoms with E-state index in [1.54, 1.807) is 48.7 Å². The van der Waals surface area contributed by atoms with Gasteiger partial charge in [0.1, 0.15) is 0 Å². The molecular formula is C14H14O4. The number of aliphatic hydroxyl groups excluding tert-OH is 1. The number of rotatable bonds is 2. The van der Waals surface area contributed by atoms with Crippen LogP contribution in [0.2, 0.25) is 0 Å². The van der Waals surface area contributed by atoms with Crippen LogP contribution in [0.4, 0.5) is 0 Å². The maximum absolute atomic E-state index is 10.2. The zero-order chi connectivity index (χ0) is 13.2. The fraction of sp³-hybridized carbons (Fsp3) is 0.0714. The Bertz CT molecular complexity index is 458. The molecular weight excluding hydrogens is 232 g/mol. The molecule has 4 nitrogen and oxygen atoms in total. The van der Waals surface area contributed by atoms with Crippen molar-refractivity contribution in [3.05, 3.63) is 72.2 Å². The maximum atomic E-state index is 10.2. The summed E-state index contributed by atoms with van der Waals surface area (Å²) in [4.78, 5) is 10.2. The van der Waals surface area contributed by atoms with Crippen molar-refractivity contribution >= 4 is 5.97 Å². The van der Waals surface area contributed by atoms with Gasteiger partial charge in [-0.2, -0.15) is 0 Å². The summed E-state index contributed by atoms with van der Waals surface area (Å²) < 4.78 is 4.83. The van der Waals surface area contributed by atoms with Gasteiger partial charge in [-0.05, 0) is 18.2 Å². The Hall–Kier alpha value is -2.33. The Morgan fingerprint density at radius 3 is 2.44 bits per heavy atom. The molecule has 1 aliphatic rings. The van der Waals surface area contributed by atoms with E-state index in [9.17, 15) is 4.79 Å². The summed E-state index contributed by atoms with van der Waals surface area (Å²) in [6.45, 7) is 0.0260. The second-order valence-corrected chi connectivity index (χ2v) is 3.35. The van der Waals surface area contributed by atoms with Gasteiger partial charge in [0.25, 0.3) is 0 Å². The molecule has 94 valence electrons. The van der Waals surface area contributed by atoms with E-state index in [4.69, 9.17) is 14.9 Å². The predicted molar refractivity (Wildman–Crippen MR) is 67.9 cm³/mol. The van der Waals surface area contributed by atoms with E-state index in [0.29, 0.717) is 5.56 Å². The monoisotopic (exact) mass is 246 g/mol. The fourth-order valence-corrected chi connectivity index (χ4v) is 1.11. The molecule has 0 atom stereocenters. The minimum absolute atomic E-state index is 0.0260. The SMILES string of the molecule is O=C(O)c1ccccc1.OCC1=COC=CC=C1. The first-order chi connectivity index (χ1) is 8.74. The van der Waals surface area contributed by atoms with Gasteiger partial charge in [0, 0.05) is 5.57 Å². The molecule has 1 aliphatic heterocycles. The number of hydrogen-bond donors (Lipinski definition) is 2. The van der Waals surface area contributed by atoms with Gasteiger partial charge in [0.2, 0.25) is 0 Å². The van der Waals surface area contributed by atoms with E-state index < -0.39 is 5.97 Å². The third-order valence-corrected chi connectivity index (χ3v) is 2.00. The van der Waals surface area contributed by atoms with Gasteiger partial charge in [-0.3, -0.25) is 0 Å². The van der Waals surface area contributed by atoms with E-state index in [1.165, 1.54) is 6.26 Å². The average molecular weight is 246 g/mol. The van der Waals surface area contributed by atoms with Crippen LogP contribution in [-0.2, 0) is 4.74 Å². The van der Waals surface area contributed by atoms with E-state index in [0.717, 1.165) is 5.57 Å². The van der Waals surface area contributed by atoms with Crippen LogP contribution in [0.15, 0.2) is 66.7 Å². The highest BCUT2D eigenvalue weighted by Gasteiger charge is 1.96. The Labute approximate surface area is 105 Å². The summed E-state index contributed by atoms with van der Waals surface area (Å²) in [5, 5.41) is 17.0. The van der Waals surface area contributed by atoms with Crippen LogP contribution in [0.3, 0.4) is 0 Å². The molecule has 2 rings (SSSR count). The van der Waals surface area contributed by atoms with Crippen LogP contribution in [0.5, 0.6) is 0 Å². The molecule has 0 saturated carbocycles. The van der Waals surface area contributed by atoms with Crippen LogP contribution in [0.1, 0.15) is 10.4 Å². The van der Waals surface area contributed by atoms with Crippen LogP contribution in [0, 0.1) is 0 Å². The molecule has 0 aromatic heterocycles. The summed E-state index contributed by atoms with van der Waals surface area (Å²) >= 11 is 0. The Morgan fingerprint density at radius 2 is 1.89 bits per heavy atom. The van der Waals surface area contributed by atoms with Gasteiger partial charge in [-0.25, -0.2) is 4.79 Å². The highest BCUT2D eigenvalue weighted by atomic mass is 16.5. The van der Waals surface area contributed by atoms with Gasteiger partial charge >= 0.3 is 5.97 Å².